The number of fused-ring (bicyclic) bond motifs is 4. The zero-order valence-electron chi connectivity index (χ0n) is 16.1. The highest BCUT2D eigenvalue weighted by Crippen LogP contribution is 2.52. The summed E-state index contributed by atoms with van der Waals surface area (Å²) in [6, 6.07) is 17.1. The summed E-state index contributed by atoms with van der Waals surface area (Å²) in [5.74, 6) is 0.396. The fourth-order valence-corrected chi connectivity index (χ4v) is 5.04. The van der Waals surface area contributed by atoms with Gasteiger partial charge in [0.05, 0.1) is 0 Å². The Morgan fingerprint density at radius 1 is 1.08 bits per heavy atom. The van der Waals surface area contributed by atoms with Crippen LogP contribution in [0.2, 0.25) is 0 Å². The van der Waals surface area contributed by atoms with Crippen molar-refractivity contribution in [2.45, 2.75) is 50.5 Å². The lowest BCUT2D eigenvalue weighted by Crippen LogP contribution is -2.59. The van der Waals surface area contributed by atoms with Gasteiger partial charge in [-0.2, -0.15) is 0 Å². The standard InChI is InChI=1S/C24H29NO/c1-23(2)20-12-11-19(26)16-21(20)24(3)13-15-25(22(23)17-24)14-7-10-18-8-5-4-6-9-18/h4-12,16,22,26H,13-15,17H2,1-3H3. The van der Waals surface area contributed by atoms with E-state index in [9.17, 15) is 5.11 Å². The summed E-state index contributed by atoms with van der Waals surface area (Å²) < 4.78 is 0. The Labute approximate surface area is 157 Å². The minimum atomic E-state index is 0.0869. The van der Waals surface area contributed by atoms with Crippen molar-refractivity contribution in [3.63, 3.8) is 0 Å². The molecule has 2 heteroatoms. The Bertz CT molecular complexity index is 823. The molecular weight excluding hydrogens is 318 g/mol. The Balaban J connectivity index is 1.61. The normalized spacial score (nSPS) is 27.4. The number of aromatic hydroxyl groups is 1. The number of hydrogen-bond acceptors (Lipinski definition) is 2. The van der Waals surface area contributed by atoms with Crippen molar-refractivity contribution >= 4 is 6.08 Å². The Kier molecular flexibility index (Phi) is 4.19. The van der Waals surface area contributed by atoms with Crippen molar-refractivity contribution in [3.05, 3.63) is 71.3 Å². The topological polar surface area (TPSA) is 23.5 Å². The highest BCUT2D eigenvalue weighted by Gasteiger charge is 2.50. The van der Waals surface area contributed by atoms with Crippen molar-refractivity contribution in [2.24, 2.45) is 0 Å². The second-order valence-corrected chi connectivity index (χ2v) is 8.79. The third-order valence-corrected chi connectivity index (χ3v) is 6.67. The van der Waals surface area contributed by atoms with Gasteiger partial charge in [0.2, 0.25) is 0 Å². The Morgan fingerprint density at radius 2 is 1.85 bits per heavy atom. The van der Waals surface area contributed by atoms with Crippen LogP contribution in [0.3, 0.4) is 0 Å². The van der Waals surface area contributed by atoms with Crippen LogP contribution in [0, 0.1) is 0 Å². The van der Waals surface area contributed by atoms with E-state index in [0.717, 1.165) is 25.9 Å². The molecule has 1 heterocycles. The zero-order chi connectivity index (χ0) is 18.4. The second kappa shape index (κ2) is 6.28. The first kappa shape index (κ1) is 17.4. The van der Waals surface area contributed by atoms with Crippen LogP contribution in [0.4, 0.5) is 0 Å². The molecule has 2 atom stereocenters. The number of piperidine rings is 1. The van der Waals surface area contributed by atoms with Crippen molar-refractivity contribution < 1.29 is 5.11 Å². The molecule has 1 N–H and O–H groups in total. The average Bonchev–Trinajstić information content (AvgIpc) is 2.63. The first-order valence-electron chi connectivity index (χ1n) is 9.70. The summed E-state index contributed by atoms with van der Waals surface area (Å²) in [5, 5.41) is 10.0. The molecule has 4 rings (SSSR count). The number of likely N-dealkylation sites (tertiary alicyclic amines) is 1. The second-order valence-electron chi connectivity index (χ2n) is 8.79. The van der Waals surface area contributed by atoms with Crippen LogP contribution >= 0.6 is 0 Å². The highest BCUT2D eigenvalue weighted by atomic mass is 16.3. The van der Waals surface area contributed by atoms with Crippen LogP contribution in [0.5, 0.6) is 5.75 Å². The lowest BCUT2D eigenvalue weighted by atomic mass is 9.56. The van der Waals surface area contributed by atoms with Crippen LogP contribution < -0.4 is 0 Å². The van der Waals surface area contributed by atoms with Crippen LogP contribution in [0.1, 0.15) is 50.3 Å². The van der Waals surface area contributed by atoms with Gasteiger partial charge in [0.15, 0.2) is 0 Å². The van der Waals surface area contributed by atoms with E-state index in [1.54, 1.807) is 0 Å². The third kappa shape index (κ3) is 2.87. The van der Waals surface area contributed by atoms with Gasteiger partial charge in [-0.15, -0.1) is 0 Å². The van der Waals surface area contributed by atoms with E-state index in [1.807, 2.05) is 12.1 Å². The lowest BCUT2D eigenvalue weighted by molar-refractivity contribution is 0.0480. The minimum Gasteiger partial charge on any atom is -0.508 e. The smallest absolute Gasteiger partial charge is 0.115 e. The predicted molar refractivity (Wildman–Crippen MR) is 109 cm³/mol. The third-order valence-electron chi connectivity index (χ3n) is 6.67. The summed E-state index contributed by atoms with van der Waals surface area (Å²) in [5.41, 5.74) is 4.29. The van der Waals surface area contributed by atoms with E-state index in [4.69, 9.17) is 0 Å². The van der Waals surface area contributed by atoms with E-state index in [1.165, 1.54) is 16.7 Å². The monoisotopic (exact) mass is 347 g/mol. The van der Waals surface area contributed by atoms with Gasteiger partial charge >= 0.3 is 0 Å². The van der Waals surface area contributed by atoms with Crippen molar-refractivity contribution in [1.82, 2.24) is 4.90 Å². The largest absolute Gasteiger partial charge is 0.508 e. The summed E-state index contributed by atoms with van der Waals surface area (Å²) >= 11 is 0. The molecular formula is C24H29NO. The first-order chi connectivity index (χ1) is 12.4. The van der Waals surface area contributed by atoms with Crippen molar-refractivity contribution in [1.29, 1.82) is 0 Å². The Hall–Kier alpha value is -2.06. The zero-order valence-corrected chi connectivity index (χ0v) is 16.1. The quantitative estimate of drug-likeness (QED) is 0.833. The molecule has 136 valence electrons. The number of benzene rings is 2. The molecule has 26 heavy (non-hydrogen) atoms. The van der Waals surface area contributed by atoms with Crippen LogP contribution in [-0.2, 0) is 10.8 Å². The molecule has 0 saturated carbocycles. The molecule has 0 aromatic heterocycles. The van der Waals surface area contributed by atoms with Gasteiger partial charge in [0, 0.05) is 18.0 Å². The van der Waals surface area contributed by atoms with Gasteiger partial charge in [-0.25, -0.2) is 0 Å². The summed E-state index contributed by atoms with van der Waals surface area (Å²) in [6.45, 7) is 9.22. The molecule has 2 aromatic carbocycles. The molecule has 1 fully saturated rings. The molecule has 0 radical (unpaired) electrons. The fraction of sp³-hybridized carbons (Fsp3) is 0.417. The molecule has 0 amide bonds. The number of phenolic OH excluding ortho intramolecular Hbond substituents is 1. The number of phenols is 1. The summed E-state index contributed by atoms with van der Waals surface area (Å²) in [6.07, 6.45) is 6.85. The molecule has 2 bridgehead atoms. The summed E-state index contributed by atoms with van der Waals surface area (Å²) in [7, 11) is 0. The summed E-state index contributed by atoms with van der Waals surface area (Å²) in [4.78, 5) is 2.65. The number of hydrogen-bond donors (Lipinski definition) is 1. The van der Waals surface area contributed by atoms with E-state index < -0.39 is 0 Å². The minimum absolute atomic E-state index is 0.0869. The molecule has 2 unspecified atom stereocenters. The molecule has 1 aliphatic heterocycles. The molecule has 2 aromatic rings. The molecule has 2 nitrogen and oxygen atoms in total. The van der Waals surface area contributed by atoms with Gasteiger partial charge in [0.1, 0.15) is 5.75 Å². The molecule has 2 aliphatic rings. The lowest BCUT2D eigenvalue weighted by Gasteiger charge is -2.56. The van der Waals surface area contributed by atoms with Gasteiger partial charge < -0.3 is 5.11 Å². The average molecular weight is 348 g/mol. The first-order valence-corrected chi connectivity index (χ1v) is 9.70. The van der Waals surface area contributed by atoms with Gasteiger partial charge in [-0.3, -0.25) is 4.90 Å². The number of rotatable bonds is 3. The van der Waals surface area contributed by atoms with E-state index >= 15 is 0 Å². The van der Waals surface area contributed by atoms with E-state index in [0.29, 0.717) is 11.8 Å². The SMILES string of the molecule is CC12CCN(CC=Cc3ccccc3)C(C1)C(C)(C)c1ccc(O)cc12. The van der Waals surface area contributed by atoms with Gasteiger partial charge in [-0.1, -0.05) is 69.3 Å². The maximum absolute atomic E-state index is 10.0. The predicted octanol–water partition coefficient (Wildman–Crippen LogP) is 5.12. The van der Waals surface area contributed by atoms with Crippen molar-refractivity contribution in [2.75, 3.05) is 13.1 Å². The van der Waals surface area contributed by atoms with Gasteiger partial charge in [0.25, 0.3) is 0 Å². The van der Waals surface area contributed by atoms with E-state index in [2.05, 4.69) is 74.2 Å². The molecule has 1 aliphatic carbocycles. The van der Waals surface area contributed by atoms with Crippen molar-refractivity contribution in [3.8, 4) is 5.75 Å². The van der Waals surface area contributed by atoms with E-state index in [-0.39, 0.29) is 10.8 Å². The van der Waals surface area contributed by atoms with Gasteiger partial charge in [-0.05, 0) is 53.6 Å². The maximum atomic E-state index is 10.0. The van der Waals surface area contributed by atoms with Crippen LogP contribution in [-0.4, -0.2) is 29.1 Å². The van der Waals surface area contributed by atoms with Crippen LogP contribution in [0.15, 0.2) is 54.6 Å². The molecule has 0 spiro atoms. The maximum Gasteiger partial charge on any atom is 0.115 e. The number of nitrogens with zero attached hydrogens (tertiary/aromatic N) is 1. The highest BCUT2D eigenvalue weighted by molar-refractivity contribution is 5.50. The van der Waals surface area contributed by atoms with Crippen LogP contribution in [0.25, 0.3) is 6.08 Å². The fourth-order valence-electron chi connectivity index (χ4n) is 5.04. The molecule has 1 saturated heterocycles. The Morgan fingerprint density at radius 3 is 2.62 bits per heavy atom.